The molecule has 2 unspecified atom stereocenters. The summed E-state index contributed by atoms with van der Waals surface area (Å²) >= 11 is 0. The van der Waals surface area contributed by atoms with Gasteiger partial charge in [-0.15, -0.1) is 0 Å². The lowest BCUT2D eigenvalue weighted by Gasteiger charge is -2.31. The summed E-state index contributed by atoms with van der Waals surface area (Å²) in [6.45, 7) is 2.22. The summed E-state index contributed by atoms with van der Waals surface area (Å²) in [5.74, 6) is -5.06. The van der Waals surface area contributed by atoms with Crippen LogP contribution in [0.15, 0.2) is 55.0 Å². The van der Waals surface area contributed by atoms with E-state index < -0.39 is 35.1 Å². The van der Waals surface area contributed by atoms with E-state index in [2.05, 4.69) is 15.1 Å². The average Bonchev–Trinajstić information content (AvgIpc) is 3.49. The fourth-order valence-corrected chi connectivity index (χ4v) is 4.54. The number of fused-ring (bicyclic) bond motifs is 1. The zero-order chi connectivity index (χ0) is 24.7. The molecule has 0 N–H and O–H groups in total. The van der Waals surface area contributed by atoms with Crippen LogP contribution in [0.5, 0.6) is 5.75 Å². The van der Waals surface area contributed by atoms with Crippen LogP contribution in [0.4, 0.5) is 17.6 Å². The highest BCUT2D eigenvalue weighted by Gasteiger charge is 2.38. The topological polar surface area (TPSA) is 57.8 Å². The minimum Gasteiger partial charge on any atom is -0.495 e. The van der Waals surface area contributed by atoms with E-state index in [9.17, 15) is 13.2 Å². The summed E-state index contributed by atoms with van der Waals surface area (Å²) in [5, 5.41) is 4.09. The molecule has 0 saturated carbocycles. The van der Waals surface area contributed by atoms with Crippen molar-refractivity contribution in [2.45, 2.75) is 25.8 Å². The van der Waals surface area contributed by atoms with E-state index in [0.717, 1.165) is 17.4 Å². The van der Waals surface area contributed by atoms with Crippen molar-refractivity contribution in [2.24, 2.45) is 5.92 Å². The third kappa shape index (κ3) is 4.20. The smallest absolute Gasteiger partial charge is 0.161 e. The van der Waals surface area contributed by atoms with Gasteiger partial charge in [-0.05, 0) is 43.2 Å². The van der Waals surface area contributed by atoms with Crippen molar-refractivity contribution in [3.05, 3.63) is 95.1 Å². The molecule has 0 amide bonds. The molecule has 10 heteroatoms. The summed E-state index contributed by atoms with van der Waals surface area (Å²) in [7, 11) is 1.52. The summed E-state index contributed by atoms with van der Waals surface area (Å²) < 4.78 is 66.9. The van der Waals surface area contributed by atoms with E-state index in [1.54, 1.807) is 29.1 Å². The normalized spacial score (nSPS) is 17.9. The SMILES string of the molecule is COc1cc(/C=C(\F)C2CCn3ncnc3C2c2cc(F)c(F)cc2F)ccc1-n1cnc(C)c1. The number of aryl methyl sites for hydroxylation is 2. The Kier molecular flexibility index (Phi) is 5.88. The predicted molar refractivity (Wildman–Crippen MR) is 120 cm³/mol. The third-order valence-corrected chi connectivity index (χ3v) is 6.21. The van der Waals surface area contributed by atoms with Gasteiger partial charge in [-0.1, -0.05) is 6.07 Å². The Labute approximate surface area is 198 Å². The lowest BCUT2D eigenvalue weighted by atomic mass is 9.79. The van der Waals surface area contributed by atoms with E-state index in [-0.39, 0.29) is 17.8 Å². The Bertz CT molecular complexity index is 1430. The van der Waals surface area contributed by atoms with Crippen LogP contribution in [-0.2, 0) is 6.54 Å². The molecule has 35 heavy (non-hydrogen) atoms. The van der Waals surface area contributed by atoms with Crippen LogP contribution >= 0.6 is 0 Å². The zero-order valence-electron chi connectivity index (χ0n) is 18.9. The molecule has 2 aromatic heterocycles. The first-order valence-electron chi connectivity index (χ1n) is 10.9. The van der Waals surface area contributed by atoms with Crippen LogP contribution in [-0.4, -0.2) is 31.4 Å². The fraction of sp³-hybridized carbons (Fsp3) is 0.240. The number of nitrogens with zero attached hydrogens (tertiary/aromatic N) is 5. The molecule has 3 heterocycles. The second-order valence-electron chi connectivity index (χ2n) is 8.38. The Balaban J connectivity index is 1.54. The molecular weight excluding hydrogens is 462 g/mol. The number of rotatable bonds is 5. The number of imidazole rings is 1. The molecule has 2 aromatic carbocycles. The molecule has 180 valence electrons. The van der Waals surface area contributed by atoms with Crippen LogP contribution in [0, 0.1) is 30.3 Å². The van der Waals surface area contributed by atoms with Crippen molar-refractivity contribution in [3.63, 3.8) is 0 Å². The standard InChI is InChI=1S/C25H21F4N5O/c1-14-11-33(13-31-14)22-4-3-15(8-23(22)35-2)7-18(26)16-5-6-34-25(30-12-32-34)24(16)17-9-20(28)21(29)10-19(17)27/h3-4,7-13,16,24H,5-6H2,1-2H3/b18-7-. The summed E-state index contributed by atoms with van der Waals surface area (Å²) in [6.07, 6.45) is 6.39. The molecule has 1 aliphatic heterocycles. The molecule has 2 atom stereocenters. The van der Waals surface area contributed by atoms with E-state index >= 15 is 4.39 Å². The molecule has 1 aliphatic rings. The number of aromatic nitrogens is 5. The van der Waals surface area contributed by atoms with E-state index in [1.165, 1.54) is 24.2 Å². The monoisotopic (exact) mass is 483 g/mol. The average molecular weight is 483 g/mol. The Hall–Kier alpha value is -3.95. The second-order valence-corrected chi connectivity index (χ2v) is 8.38. The molecular formula is C25H21F4N5O. The summed E-state index contributed by atoms with van der Waals surface area (Å²) in [4.78, 5) is 8.38. The first kappa shape index (κ1) is 22.8. The lowest BCUT2D eigenvalue weighted by Crippen LogP contribution is -2.28. The number of methoxy groups -OCH3 is 1. The van der Waals surface area contributed by atoms with Crippen LogP contribution in [0.1, 0.15) is 35.0 Å². The molecule has 0 aliphatic carbocycles. The van der Waals surface area contributed by atoms with Crippen molar-refractivity contribution in [1.29, 1.82) is 0 Å². The van der Waals surface area contributed by atoms with E-state index in [1.807, 2.05) is 13.1 Å². The van der Waals surface area contributed by atoms with Gasteiger partial charge >= 0.3 is 0 Å². The molecule has 4 aromatic rings. The Morgan fingerprint density at radius 1 is 1.09 bits per heavy atom. The molecule has 0 radical (unpaired) electrons. The number of allylic oxidation sites excluding steroid dienone is 1. The maximum Gasteiger partial charge on any atom is 0.161 e. The van der Waals surface area contributed by atoms with E-state index in [4.69, 9.17) is 4.74 Å². The van der Waals surface area contributed by atoms with Crippen LogP contribution < -0.4 is 4.74 Å². The predicted octanol–water partition coefficient (Wildman–Crippen LogP) is 5.36. The Morgan fingerprint density at radius 2 is 1.89 bits per heavy atom. The van der Waals surface area contributed by atoms with Gasteiger partial charge in [0.05, 0.1) is 30.7 Å². The highest BCUT2D eigenvalue weighted by molar-refractivity contribution is 5.60. The largest absolute Gasteiger partial charge is 0.495 e. The maximum absolute atomic E-state index is 15.7. The van der Waals surface area contributed by atoms with Gasteiger partial charge in [0, 0.05) is 30.3 Å². The van der Waals surface area contributed by atoms with Gasteiger partial charge < -0.3 is 9.30 Å². The molecule has 0 bridgehead atoms. The summed E-state index contributed by atoms with van der Waals surface area (Å²) in [6, 6.07) is 6.43. The van der Waals surface area contributed by atoms with Crippen LogP contribution in [0.25, 0.3) is 11.8 Å². The molecule has 0 saturated heterocycles. The summed E-state index contributed by atoms with van der Waals surface area (Å²) in [5.41, 5.74) is 1.92. The number of ether oxygens (including phenoxy) is 1. The van der Waals surface area contributed by atoms with Gasteiger partial charge in [0.15, 0.2) is 11.6 Å². The zero-order valence-corrected chi connectivity index (χ0v) is 18.9. The fourth-order valence-electron chi connectivity index (χ4n) is 4.54. The van der Waals surface area contributed by atoms with Crippen LogP contribution in [0.3, 0.4) is 0 Å². The first-order valence-corrected chi connectivity index (χ1v) is 10.9. The van der Waals surface area contributed by atoms with Crippen molar-refractivity contribution in [1.82, 2.24) is 24.3 Å². The van der Waals surface area contributed by atoms with Gasteiger partial charge in [-0.3, -0.25) is 0 Å². The van der Waals surface area contributed by atoms with Gasteiger partial charge in [0.1, 0.15) is 29.5 Å². The number of halogens is 4. The van der Waals surface area contributed by atoms with Gasteiger partial charge in [0.25, 0.3) is 0 Å². The highest BCUT2D eigenvalue weighted by Crippen LogP contribution is 2.43. The minimum absolute atomic E-state index is 0.171. The van der Waals surface area contributed by atoms with Crippen molar-refractivity contribution in [3.8, 4) is 11.4 Å². The first-order chi connectivity index (χ1) is 16.9. The van der Waals surface area contributed by atoms with Gasteiger partial charge in [-0.25, -0.2) is 32.2 Å². The lowest BCUT2D eigenvalue weighted by molar-refractivity contribution is 0.316. The molecule has 0 fully saturated rings. The van der Waals surface area contributed by atoms with Crippen molar-refractivity contribution < 1.29 is 22.3 Å². The van der Waals surface area contributed by atoms with Crippen molar-refractivity contribution in [2.75, 3.05) is 7.11 Å². The quantitative estimate of drug-likeness (QED) is 0.283. The Morgan fingerprint density at radius 3 is 2.63 bits per heavy atom. The third-order valence-electron chi connectivity index (χ3n) is 6.21. The van der Waals surface area contributed by atoms with Gasteiger partial charge in [0.2, 0.25) is 0 Å². The highest BCUT2D eigenvalue weighted by atomic mass is 19.2. The van der Waals surface area contributed by atoms with E-state index in [0.29, 0.717) is 23.9 Å². The second kappa shape index (κ2) is 9.01. The van der Waals surface area contributed by atoms with Gasteiger partial charge in [-0.2, -0.15) is 5.10 Å². The number of benzene rings is 2. The minimum atomic E-state index is -1.31. The molecule has 5 rings (SSSR count). The molecule has 6 nitrogen and oxygen atoms in total. The molecule has 0 spiro atoms. The van der Waals surface area contributed by atoms with Crippen molar-refractivity contribution >= 4 is 6.08 Å². The maximum atomic E-state index is 15.7. The van der Waals surface area contributed by atoms with Crippen LogP contribution in [0.2, 0.25) is 0 Å². The number of hydrogen-bond acceptors (Lipinski definition) is 4. The number of hydrogen-bond donors (Lipinski definition) is 0.